The van der Waals surface area contributed by atoms with Gasteiger partial charge in [0.2, 0.25) is 0 Å². The monoisotopic (exact) mass is 320 g/mol. The molecule has 2 aromatic carbocycles. The van der Waals surface area contributed by atoms with Crippen molar-refractivity contribution in [3.8, 4) is 11.8 Å². The molecule has 8 heteroatoms. The Morgan fingerprint density at radius 3 is 2.67 bits per heavy atom. The Bertz CT molecular complexity index is 942. The van der Waals surface area contributed by atoms with Crippen LogP contribution in [0.4, 0.5) is 5.69 Å². The molecule has 0 saturated carbocycles. The van der Waals surface area contributed by atoms with E-state index in [1.165, 1.54) is 0 Å². The number of carbonyl (C=O) groups excluding carboxylic acids is 1. The number of amides is 1. The largest absolute Gasteiger partial charge is 0.422 e. The van der Waals surface area contributed by atoms with E-state index in [-0.39, 0.29) is 11.9 Å². The summed E-state index contributed by atoms with van der Waals surface area (Å²) in [6, 6.07) is 16.6. The van der Waals surface area contributed by atoms with Crippen molar-refractivity contribution in [3.05, 3.63) is 60.3 Å². The van der Waals surface area contributed by atoms with Gasteiger partial charge in [0.25, 0.3) is 5.91 Å². The Kier molecular flexibility index (Phi) is 3.39. The summed E-state index contributed by atoms with van der Waals surface area (Å²) in [5, 5.41) is 16.9. The van der Waals surface area contributed by atoms with Crippen LogP contribution in [0.15, 0.2) is 54.6 Å². The maximum atomic E-state index is 12.3. The SMILES string of the molecule is O=C(Nc1ccc(Oc2nn[nH]n2)cc1)c1cc2ccccc2[nH]1. The van der Waals surface area contributed by atoms with Crippen molar-refractivity contribution in [3.63, 3.8) is 0 Å². The second-order valence-corrected chi connectivity index (χ2v) is 5.05. The van der Waals surface area contributed by atoms with Crippen LogP contribution in [0.2, 0.25) is 0 Å². The lowest BCUT2D eigenvalue weighted by atomic mass is 10.2. The number of para-hydroxylation sites is 1. The molecular formula is C16H12N6O2. The molecule has 0 aliphatic rings. The van der Waals surface area contributed by atoms with Crippen molar-refractivity contribution in [2.24, 2.45) is 0 Å². The molecule has 0 aliphatic heterocycles. The number of hydrogen-bond acceptors (Lipinski definition) is 5. The fraction of sp³-hybridized carbons (Fsp3) is 0. The number of ether oxygens (including phenoxy) is 1. The van der Waals surface area contributed by atoms with Gasteiger partial charge in [-0.3, -0.25) is 4.79 Å². The number of rotatable bonds is 4. The number of fused-ring (bicyclic) bond motifs is 1. The smallest absolute Gasteiger partial charge is 0.361 e. The molecule has 24 heavy (non-hydrogen) atoms. The van der Waals surface area contributed by atoms with Gasteiger partial charge in [-0.1, -0.05) is 28.4 Å². The molecule has 0 spiro atoms. The molecule has 8 nitrogen and oxygen atoms in total. The molecule has 3 N–H and O–H groups in total. The molecule has 0 unspecified atom stereocenters. The van der Waals surface area contributed by atoms with Gasteiger partial charge < -0.3 is 15.0 Å². The van der Waals surface area contributed by atoms with Crippen LogP contribution < -0.4 is 10.1 Å². The van der Waals surface area contributed by atoms with Crippen molar-refractivity contribution in [1.29, 1.82) is 0 Å². The second kappa shape index (κ2) is 5.84. The van der Waals surface area contributed by atoms with Crippen LogP contribution in [-0.4, -0.2) is 31.5 Å². The highest BCUT2D eigenvalue weighted by molar-refractivity contribution is 6.05. The van der Waals surface area contributed by atoms with Gasteiger partial charge in [-0.05, 0) is 41.6 Å². The highest BCUT2D eigenvalue weighted by Crippen LogP contribution is 2.20. The summed E-state index contributed by atoms with van der Waals surface area (Å²) in [6.45, 7) is 0. The maximum absolute atomic E-state index is 12.3. The third-order valence-corrected chi connectivity index (χ3v) is 3.42. The van der Waals surface area contributed by atoms with E-state index in [9.17, 15) is 4.79 Å². The summed E-state index contributed by atoms with van der Waals surface area (Å²) in [5.74, 6) is 0.332. The Morgan fingerprint density at radius 2 is 1.92 bits per heavy atom. The van der Waals surface area contributed by atoms with Gasteiger partial charge in [0.15, 0.2) is 0 Å². The van der Waals surface area contributed by atoms with Gasteiger partial charge in [-0.25, -0.2) is 0 Å². The normalized spacial score (nSPS) is 10.7. The molecule has 118 valence electrons. The first-order valence-electron chi connectivity index (χ1n) is 7.18. The van der Waals surface area contributed by atoms with E-state index in [1.54, 1.807) is 24.3 Å². The summed E-state index contributed by atoms with van der Waals surface area (Å²) < 4.78 is 5.37. The van der Waals surface area contributed by atoms with E-state index in [0.717, 1.165) is 10.9 Å². The predicted molar refractivity (Wildman–Crippen MR) is 86.9 cm³/mol. The molecule has 1 amide bonds. The van der Waals surface area contributed by atoms with E-state index in [2.05, 4.69) is 30.9 Å². The Balaban J connectivity index is 1.47. The zero-order valence-corrected chi connectivity index (χ0v) is 12.4. The van der Waals surface area contributed by atoms with E-state index < -0.39 is 0 Å². The quantitative estimate of drug-likeness (QED) is 0.536. The first-order valence-corrected chi connectivity index (χ1v) is 7.18. The number of hydrogen-bond donors (Lipinski definition) is 3. The summed E-state index contributed by atoms with van der Waals surface area (Å²) in [5.41, 5.74) is 2.08. The van der Waals surface area contributed by atoms with Crippen molar-refractivity contribution in [2.45, 2.75) is 0 Å². The number of nitrogens with one attached hydrogen (secondary N) is 3. The number of aromatic amines is 2. The minimum Gasteiger partial charge on any atom is -0.422 e. The molecule has 0 saturated heterocycles. The fourth-order valence-corrected chi connectivity index (χ4v) is 2.30. The van der Waals surface area contributed by atoms with Gasteiger partial charge in [-0.2, -0.15) is 5.21 Å². The van der Waals surface area contributed by atoms with Crippen molar-refractivity contribution < 1.29 is 9.53 Å². The standard InChI is InChI=1S/C16H12N6O2/c23-15(14-9-10-3-1-2-4-13(10)18-14)17-11-5-7-12(8-6-11)24-16-19-21-22-20-16/h1-9,18H,(H,17,23)(H,19,20,21,22). The average molecular weight is 320 g/mol. The van der Waals surface area contributed by atoms with Crippen molar-refractivity contribution in [2.75, 3.05) is 5.32 Å². The van der Waals surface area contributed by atoms with Crippen molar-refractivity contribution >= 4 is 22.5 Å². The maximum Gasteiger partial charge on any atom is 0.361 e. The summed E-state index contributed by atoms with van der Waals surface area (Å²) >= 11 is 0. The Labute approximate surface area is 135 Å². The van der Waals surface area contributed by atoms with E-state index in [0.29, 0.717) is 17.1 Å². The molecule has 0 atom stereocenters. The lowest BCUT2D eigenvalue weighted by molar-refractivity contribution is 0.102. The third-order valence-electron chi connectivity index (χ3n) is 3.42. The van der Waals surface area contributed by atoms with Crippen LogP contribution in [0.1, 0.15) is 10.5 Å². The second-order valence-electron chi connectivity index (χ2n) is 5.05. The number of nitrogens with zero attached hydrogens (tertiary/aromatic N) is 3. The van der Waals surface area contributed by atoms with Crippen molar-refractivity contribution in [1.82, 2.24) is 25.6 Å². The van der Waals surface area contributed by atoms with Gasteiger partial charge in [0, 0.05) is 16.6 Å². The fourth-order valence-electron chi connectivity index (χ4n) is 2.30. The highest BCUT2D eigenvalue weighted by atomic mass is 16.5. The predicted octanol–water partition coefficient (Wildman–Crippen LogP) is 2.73. The Hall–Kier alpha value is -3.68. The van der Waals surface area contributed by atoms with Crippen LogP contribution in [-0.2, 0) is 0 Å². The lowest BCUT2D eigenvalue weighted by Crippen LogP contribution is -2.12. The van der Waals surface area contributed by atoms with Gasteiger partial charge in [-0.15, -0.1) is 0 Å². The number of anilines is 1. The molecular weight excluding hydrogens is 308 g/mol. The van der Waals surface area contributed by atoms with Gasteiger partial charge >= 0.3 is 6.01 Å². The first kappa shape index (κ1) is 13.9. The number of aromatic nitrogens is 5. The number of benzene rings is 2. The van der Waals surface area contributed by atoms with Crippen LogP contribution in [0, 0.1) is 0 Å². The zero-order chi connectivity index (χ0) is 16.4. The number of carbonyl (C=O) groups is 1. The number of H-pyrrole nitrogens is 2. The molecule has 4 aromatic rings. The first-order chi connectivity index (χ1) is 11.8. The minimum absolute atomic E-state index is 0.130. The highest BCUT2D eigenvalue weighted by Gasteiger charge is 2.10. The summed E-state index contributed by atoms with van der Waals surface area (Å²) in [4.78, 5) is 15.4. The van der Waals surface area contributed by atoms with Crippen LogP contribution >= 0.6 is 0 Å². The van der Waals surface area contributed by atoms with E-state index >= 15 is 0 Å². The Morgan fingerprint density at radius 1 is 1.08 bits per heavy atom. The van der Waals surface area contributed by atoms with Gasteiger partial charge in [0.1, 0.15) is 11.4 Å². The average Bonchev–Trinajstić information content (AvgIpc) is 3.25. The van der Waals surface area contributed by atoms with E-state index in [1.807, 2.05) is 30.3 Å². The van der Waals surface area contributed by atoms with Crippen LogP contribution in [0.3, 0.4) is 0 Å². The molecule has 4 rings (SSSR count). The molecule has 0 bridgehead atoms. The minimum atomic E-state index is -0.210. The summed E-state index contributed by atoms with van der Waals surface area (Å²) in [7, 11) is 0. The lowest BCUT2D eigenvalue weighted by Gasteiger charge is -2.05. The molecule has 2 heterocycles. The zero-order valence-electron chi connectivity index (χ0n) is 12.4. The molecule has 2 aromatic heterocycles. The van der Waals surface area contributed by atoms with Crippen LogP contribution in [0.5, 0.6) is 11.8 Å². The molecule has 0 radical (unpaired) electrons. The van der Waals surface area contributed by atoms with Gasteiger partial charge in [0.05, 0.1) is 0 Å². The van der Waals surface area contributed by atoms with E-state index in [4.69, 9.17) is 4.74 Å². The molecule has 0 aliphatic carbocycles. The molecule has 0 fully saturated rings. The topological polar surface area (TPSA) is 109 Å². The number of tetrazole rings is 1. The van der Waals surface area contributed by atoms with Crippen LogP contribution in [0.25, 0.3) is 10.9 Å². The third kappa shape index (κ3) is 2.80. The summed E-state index contributed by atoms with van der Waals surface area (Å²) in [6.07, 6.45) is 0.